The van der Waals surface area contributed by atoms with E-state index in [4.69, 9.17) is 10.00 Å². The summed E-state index contributed by atoms with van der Waals surface area (Å²) in [5.41, 5.74) is 1.15. The zero-order valence-electron chi connectivity index (χ0n) is 14.1. The number of aromatic amines is 1. The van der Waals surface area contributed by atoms with Crippen molar-refractivity contribution < 1.29 is 4.74 Å². The molecule has 2 N–H and O–H groups in total. The second-order valence-electron chi connectivity index (χ2n) is 6.13. The van der Waals surface area contributed by atoms with Crippen LogP contribution < -0.4 is 10.1 Å². The Balaban J connectivity index is 1.51. The van der Waals surface area contributed by atoms with Crippen LogP contribution in [0.3, 0.4) is 0 Å². The van der Waals surface area contributed by atoms with Gasteiger partial charge in [-0.3, -0.25) is 0 Å². The predicted molar refractivity (Wildman–Crippen MR) is 93.5 cm³/mol. The highest BCUT2D eigenvalue weighted by molar-refractivity contribution is 5.74. The van der Waals surface area contributed by atoms with Gasteiger partial charge in [-0.1, -0.05) is 0 Å². The number of ether oxygens (including phenoxy) is 1. The fourth-order valence-electron chi connectivity index (χ4n) is 2.67. The molecule has 3 rings (SSSR count). The minimum absolute atomic E-state index is 0.257. The Kier molecular flexibility index (Phi) is 5.59. The van der Waals surface area contributed by atoms with Crippen LogP contribution >= 0.6 is 0 Å². The van der Waals surface area contributed by atoms with Gasteiger partial charge in [0.25, 0.3) is 0 Å². The molecule has 0 unspecified atom stereocenters. The Labute approximate surface area is 146 Å². The minimum Gasteiger partial charge on any atom is -0.493 e. The van der Waals surface area contributed by atoms with Crippen molar-refractivity contribution in [2.24, 2.45) is 5.92 Å². The van der Waals surface area contributed by atoms with E-state index in [9.17, 15) is 0 Å². The van der Waals surface area contributed by atoms with Crippen LogP contribution in [-0.4, -0.2) is 52.3 Å². The fourth-order valence-corrected chi connectivity index (χ4v) is 2.67. The molecule has 0 spiro atoms. The highest BCUT2D eigenvalue weighted by Crippen LogP contribution is 2.20. The first-order chi connectivity index (χ1) is 12.2. The van der Waals surface area contributed by atoms with Gasteiger partial charge in [0.2, 0.25) is 5.82 Å². The molecule has 0 atom stereocenters. The Morgan fingerprint density at radius 2 is 2.16 bits per heavy atom. The van der Waals surface area contributed by atoms with Gasteiger partial charge in [0.05, 0.1) is 6.61 Å². The van der Waals surface area contributed by atoms with Crippen molar-refractivity contribution in [3.8, 4) is 11.8 Å². The number of tetrazole rings is 1. The van der Waals surface area contributed by atoms with Gasteiger partial charge < -0.3 is 15.0 Å². The molecule has 1 aromatic carbocycles. The SMILES string of the molecule is CN1CCC(COc2ccc(NC=C(C#N)c3nn[nH]n3)cc2)CC1. The van der Waals surface area contributed by atoms with Crippen molar-refractivity contribution in [1.82, 2.24) is 25.5 Å². The van der Waals surface area contributed by atoms with Crippen LogP contribution in [0.2, 0.25) is 0 Å². The molecule has 1 aromatic heterocycles. The highest BCUT2D eigenvalue weighted by atomic mass is 16.5. The molecule has 0 amide bonds. The zero-order valence-corrected chi connectivity index (χ0v) is 14.1. The Bertz CT molecular complexity index is 725. The molecular formula is C17H21N7O. The maximum Gasteiger partial charge on any atom is 0.216 e. The standard InChI is InChI=1S/C17H21N7O/c1-24-8-6-13(7-9-24)12-25-16-4-2-15(3-5-16)19-11-14(10-18)17-20-22-23-21-17/h2-5,11,13,19H,6-9,12H2,1H3,(H,20,21,22,23). The lowest BCUT2D eigenvalue weighted by atomic mass is 9.98. The molecule has 1 aliphatic rings. The van der Waals surface area contributed by atoms with Crippen molar-refractivity contribution in [2.75, 3.05) is 32.1 Å². The van der Waals surface area contributed by atoms with E-state index in [0.717, 1.165) is 31.1 Å². The summed E-state index contributed by atoms with van der Waals surface area (Å²) < 4.78 is 5.89. The molecule has 1 aliphatic heterocycles. The summed E-state index contributed by atoms with van der Waals surface area (Å²) in [7, 11) is 2.16. The third-order valence-electron chi connectivity index (χ3n) is 4.27. The van der Waals surface area contributed by atoms with Crippen molar-refractivity contribution in [1.29, 1.82) is 5.26 Å². The maximum absolute atomic E-state index is 9.13. The smallest absolute Gasteiger partial charge is 0.216 e. The number of rotatable bonds is 6. The number of nitriles is 1. The van der Waals surface area contributed by atoms with E-state index in [0.29, 0.717) is 11.5 Å². The number of hydrogen-bond donors (Lipinski definition) is 2. The number of H-pyrrole nitrogens is 1. The number of benzene rings is 1. The summed E-state index contributed by atoms with van der Waals surface area (Å²) in [5, 5.41) is 25.5. The first kappa shape index (κ1) is 16.9. The molecule has 25 heavy (non-hydrogen) atoms. The van der Waals surface area contributed by atoms with E-state index >= 15 is 0 Å². The largest absolute Gasteiger partial charge is 0.493 e. The highest BCUT2D eigenvalue weighted by Gasteiger charge is 2.17. The lowest BCUT2D eigenvalue weighted by Gasteiger charge is -2.28. The molecule has 1 fully saturated rings. The number of hydrogen-bond acceptors (Lipinski definition) is 7. The van der Waals surface area contributed by atoms with E-state index in [-0.39, 0.29) is 5.82 Å². The molecule has 130 valence electrons. The normalized spacial score (nSPS) is 16.4. The molecule has 2 aromatic rings. The van der Waals surface area contributed by atoms with Gasteiger partial charge in [-0.2, -0.15) is 10.5 Å². The van der Waals surface area contributed by atoms with Crippen LogP contribution in [0.15, 0.2) is 30.5 Å². The first-order valence-electron chi connectivity index (χ1n) is 8.26. The zero-order chi connectivity index (χ0) is 17.5. The number of nitrogens with zero attached hydrogens (tertiary/aromatic N) is 5. The molecule has 0 bridgehead atoms. The summed E-state index contributed by atoms with van der Waals surface area (Å²) in [4.78, 5) is 2.36. The monoisotopic (exact) mass is 339 g/mol. The van der Waals surface area contributed by atoms with E-state index in [1.807, 2.05) is 30.3 Å². The summed E-state index contributed by atoms with van der Waals surface area (Å²) in [6.45, 7) is 3.05. The number of anilines is 1. The quantitative estimate of drug-likeness (QED) is 0.775. The number of allylic oxidation sites excluding steroid dienone is 1. The van der Waals surface area contributed by atoms with Gasteiger partial charge in [0.1, 0.15) is 17.4 Å². The van der Waals surface area contributed by atoms with Crippen LogP contribution in [0.4, 0.5) is 5.69 Å². The topological polar surface area (TPSA) is 103 Å². The second kappa shape index (κ2) is 8.26. The Hall–Kier alpha value is -2.92. The maximum atomic E-state index is 9.13. The van der Waals surface area contributed by atoms with Crippen LogP contribution in [-0.2, 0) is 0 Å². The average molecular weight is 339 g/mol. The van der Waals surface area contributed by atoms with Gasteiger partial charge in [-0.25, -0.2) is 0 Å². The third-order valence-corrected chi connectivity index (χ3v) is 4.27. The van der Waals surface area contributed by atoms with Gasteiger partial charge in [-0.15, -0.1) is 10.2 Å². The number of piperidine rings is 1. The average Bonchev–Trinajstić information content (AvgIpc) is 3.17. The lowest BCUT2D eigenvalue weighted by Crippen LogP contribution is -2.32. The van der Waals surface area contributed by atoms with Crippen molar-refractivity contribution in [3.05, 3.63) is 36.3 Å². The summed E-state index contributed by atoms with van der Waals surface area (Å²) in [6.07, 6.45) is 3.93. The van der Waals surface area contributed by atoms with Crippen molar-refractivity contribution >= 4 is 11.3 Å². The van der Waals surface area contributed by atoms with E-state index < -0.39 is 0 Å². The molecule has 8 heteroatoms. The Morgan fingerprint density at radius 1 is 1.40 bits per heavy atom. The van der Waals surface area contributed by atoms with E-state index in [1.165, 1.54) is 12.8 Å². The molecule has 0 aliphatic carbocycles. The summed E-state index contributed by atoms with van der Waals surface area (Å²) in [5.74, 6) is 1.74. The van der Waals surface area contributed by atoms with Crippen LogP contribution in [0, 0.1) is 17.2 Å². The van der Waals surface area contributed by atoms with Gasteiger partial charge in [0, 0.05) is 11.9 Å². The molecule has 2 heterocycles. The van der Waals surface area contributed by atoms with E-state index in [1.54, 1.807) is 6.20 Å². The summed E-state index contributed by atoms with van der Waals surface area (Å²) >= 11 is 0. The van der Waals surface area contributed by atoms with Gasteiger partial charge in [0.15, 0.2) is 0 Å². The number of aromatic nitrogens is 4. The van der Waals surface area contributed by atoms with Crippen LogP contribution in [0.1, 0.15) is 18.7 Å². The van der Waals surface area contributed by atoms with Crippen molar-refractivity contribution in [3.63, 3.8) is 0 Å². The predicted octanol–water partition coefficient (Wildman–Crippen LogP) is 1.90. The molecule has 8 nitrogen and oxygen atoms in total. The fraction of sp³-hybridized carbons (Fsp3) is 0.412. The van der Waals surface area contributed by atoms with E-state index in [2.05, 4.69) is 37.9 Å². The lowest BCUT2D eigenvalue weighted by molar-refractivity contribution is 0.160. The Morgan fingerprint density at radius 3 is 2.80 bits per heavy atom. The third kappa shape index (κ3) is 4.78. The number of nitrogens with one attached hydrogen (secondary N) is 2. The first-order valence-corrected chi connectivity index (χ1v) is 8.26. The van der Waals surface area contributed by atoms with Gasteiger partial charge in [-0.05, 0) is 68.4 Å². The minimum atomic E-state index is 0.257. The second-order valence-corrected chi connectivity index (χ2v) is 6.13. The number of likely N-dealkylation sites (tertiary alicyclic amines) is 1. The molecule has 0 saturated carbocycles. The van der Waals surface area contributed by atoms with Crippen molar-refractivity contribution in [2.45, 2.75) is 12.8 Å². The van der Waals surface area contributed by atoms with Gasteiger partial charge >= 0.3 is 0 Å². The molecular weight excluding hydrogens is 318 g/mol. The molecule has 1 saturated heterocycles. The van der Waals surface area contributed by atoms with Crippen LogP contribution in [0.25, 0.3) is 5.57 Å². The summed E-state index contributed by atoms with van der Waals surface area (Å²) in [6, 6.07) is 9.69. The molecule has 0 radical (unpaired) electrons. The van der Waals surface area contributed by atoms with Crippen LogP contribution in [0.5, 0.6) is 5.75 Å².